The third-order valence-electron chi connectivity index (χ3n) is 5.03. The van der Waals surface area contributed by atoms with Crippen molar-refractivity contribution in [2.45, 2.75) is 33.2 Å². The van der Waals surface area contributed by atoms with E-state index in [0.717, 1.165) is 22.7 Å². The molecular formula is C20H25Cl2N5O2S. The fourth-order valence-corrected chi connectivity index (χ4v) is 4.41. The number of halogens is 2. The van der Waals surface area contributed by atoms with E-state index in [0.29, 0.717) is 41.4 Å². The number of hydrogen-bond donors (Lipinski definition) is 2. The maximum Gasteiger partial charge on any atom is 0.318 e. The number of rotatable bonds is 5. The summed E-state index contributed by atoms with van der Waals surface area (Å²) >= 11 is 13.5. The third kappa shape index (κ3) is 5.36. The Morgan fingerprint density at radius 3 is 2.50 bits per heavy atom. The van der Waals surface area contributed by atoms with Crippen LogP contribution in [0.5, 0.6) is 0 Å². The predicted molar refractivity (Wildman–Crippen MR) is 123 cm³/mol. The van der Waals surface area contributed by atoms with Crippen LogP contribution >= 0.6 is 34.5 Å². The molecule has 3 amide bonds. The number of piperazine rings is 1. The minimum atomic E-state index is -0.667. The summed E-state index contributed by atoms with van der Waals surface area (Å²) in [5.41, 5.74) is 1.95. The molecule has 1 saturated heterocycles. The first-order chi connectivity index (χ1) is 14.3. The molecule has 0 radical (unpaired) electrons. The summed E-state index contributed by atoms with van der Waals surface area (Å²) in [6.45, 7) is 8.11. The molecule has 2 N–H and O–H groups in total. The second-order valence-corrected chi connectivity index (χ2v) is 9.13. The van der Waals surface area contributed by atoms with Crippen molar-refractivity contribution in [3.05, 3.63) is 38.8 Å². The summed E-state index contributed by atoms with van der Waals surface area (Å²) in [6, 6.07) is 4.60. The molecular weight excluding hydrogens is 445 g/mol. The molecule has 1 atom stereocenters. The highest BCUT2D eigenvalue weighted by atomic mass is 35.5. The van der Waals surface area contributed by atoms with Crippen molar-refractivity contribution in [1.29, 1.82) is 0 Å². The smallest absolute Gasteiger partial charge is 0.318 e. The Hall–Kier alpha value is -2.03. The summed E-state index contributed by atoms with van der Waals surface area (Å²) in [5, 5.41) is 7.15. The molecule has 1 aliphatic heterocycles. The normalized spacial score (nSPS) is 15.1. The Morgan fingerprint density at radius 2 is 1.90 bits per heavy atom. The van der Waals surface area contributed by atoms with Crippen LogP contribution in [0.2, 0.25) is 10.0 Å². The van der Waals surface area contributed by atoms with Crippen LogP contribution in [0.15, 0.2) is 18.2 Å². The average Bonchev–Trinajstić information content (AvgIpc) is 3.09. The van der Waals surface area contributed by atoms with E-state index < -0.39 is 6.04 Å². The molecule has 2 aromatic rings. The minimum Gasteiger partial charge on any atom is -0.368 e. The highest BCUT2D eigenvalue weighted by molar-refractivity contribution is 7.15. The number of urea groups is 1. The molecule has 1 aliphatic rings. The van der Waals surface area contributed by atoms with Crippen LogP contribution in [0.4, 0.5) is 15.6 Å². The zero-order chi connectivity index (χ0) is 21.8. The summed E-state index contributed by atoms with van der Waals surface area (Å²) in [5.74, 6) is -0.283. The van der Waals surface area contributed by atoms with Gasteiger partial charge in [0.1, 0.15) is 6.04 Å². The molecule has 0 unspecified atom stereocenters. The summed E-state index contributed by atoms with van der Waals surface area (Å²) in [7, 11) is 0. The molecule has 7 nitrogen and oxygen atoms in total. The van der Waals surface area contributed by atoms with E-state index in [1.165, 1.54) is 11.3 Å². The quantitative estimate of drug-likeness (QED) is 0.688. The van der Waals surface area contributed by atoms with Gasteiger partial charge in [-0.3, -0.25) is 4.79 Å². The molecule has 1 aromatic heterocycles. The van der Waals surface area contributed by atoms with E-state index in [-0.39, 0.29) is 11.9 Å². The highest BCUT2D eigenvalue weighted by Gasteiger charge is 2.25. The van der Waals surface area contributed by atoms with Crippen molar-refractivity contribution >= 4 is 57.3 Å². The fourth-order valence-electron chi connectivity index (χ4n) is 3.21. The van der Waals surface area contributed by atoms with Crippen LogP contribution in [-0.4, -0.2) is 54.0 Å². The Labute approximate surface area is 190 Å². The van der Waals surface area contributed by atoms with Crippen LogP contribution in [0.3, 0.4) is 0 Å². The molecule has 0 spiro atoms. The van der Waals surface area contributed by atoms with Crippen LogP contribution in [0, 0.1) is 6.92 Å². The van der Waals surface area contributed by atoms with E-state index in [4.69, 9.17) is 23.2 Å². The van der Waals surface area contributed by atoms with Gasteiger partial charge >= 0.3 is 6.03 Å². The number of amides is 3. The van der Waals surface area contributed by atoms with Gasteiger partial charge in [0.2, 0.25) is 5.91 Å². The van der Waals surface area contributed by atoms with Gasteiger partial charge in [0.25, 0.3) is 0 Å². The van der Waals surface area contributed by atoms with Gasteiger partial charge in [0.05, 0.1) is 15.7 Å². The molecule has 30 heavy (non-hydrogen) atoms. The predicted octanol–water partition coefficient (Wildman–Crippen LogP) is 4.18. The topological polar surface area (TPSA) is 77.6 Å². The average molecular weight is 470 g/mol. The highest BCUT2D eigenvalue weighted by Crippen LogP contribution is 2.28. The van der Waals surface area contributed by atoms with Gasteiger partial charge in [-0.25, -0.2) is 9.78 Å². The Morgan fingerprint density at radius 1 is 1.20 bits per heavy atom. The first kappa shape index (κ1) is 22.7. The summed E-state index contributed by atoms with van der Waals surface area (Å²) in [4.78, 5) is 34.4. The maximum atomic E-state index is 12.6. The fraction of sp³-hybridized carbons (Fsp3) is 0.450. The van der Waals surface area contributed by atoms with Crippen molar-refractivity contribution in [3.63, 3.8) is 0 Å². The van der Waals surface area contributed by atoms with Gasteiger partial charge in [-0.1, -0.05) is 30.1 Å². The molecule has 2 heterocycles. The molecule has 3 rings (SSSR count). The Kier molecular flexibility index (Phi) is 7.44. The molecule has 1 fully saturated rings. The lowest BCUT2D eigenvalue weighted by Gasteiger charge is -2.36. The number of nitrogens with zero attached hydrogens (tertiary/aromatic N) is 3. The summed E-state index contributed by atoms with van der Waals surface area (Å²) < 4.78 is 0. The number of anilines is 2. The Bertz CT molecular complexity index is 928. The zero-order valence-corrected chi connectivity index (χ0v) is 19.5. The van der Waals surface area contributed by atoms with Gasteiger partial charge in [0, 0.05) is 36.7 Å². The first-order valence-electron chi connectivity index (χ1n) is 9.81. The standard InChI is InChI=1S/C20H25Cl2N5O2S/c1-4-17-13(3)30-19(24-17)25-18(28)12(2)23-20(29)27-9-7-26(8-10-27)14-5-6-15(21)16(22)11-14/h5-6,11-12H,4,7-10H2,1-3H3,(H,23,29)(H,24,25,28)/t12-/m1/s1. The minimum absolute atomic E-state index is 0.254. The van der Waals surface area contributed by atoms with E-state index in [1.807, 2.05) is 26.0 Å². The molecule has 0 aliphatic carbocycles. The van der Waals surface area contributed by atoms with Crippen molar-refractivity contribution in [1.82, 2.24) is 15.2 Å². The van der Waals surface area contributed by atoms with Crippen molar-refractivity contribution in [2.24, 2.45) is 0 Å². The van der Waals surface area contributed by atoms with Crippen LogP contribution < -0.4 is 15.5 Å². The summed E-state index contributed by atoms with van der Waals surface area (Å²) in [6.07, 6.45) is 0.818. The zero-order valence-electron chi connectivity index (χ0n) is 17.2. The number of benzene rings is 1. The lowest BCUT2D eigenvalue weighted by atomic mass is 10.2. The second kappa shape index (κ2) is 9.85. The van der Waals surface area contributed by atoms with E-state index in [2.05, 4.69) is 20.5 Å². The van der Waals surface area contributed by atoms with Crippen LogP contribution in [-0.2, 0) is 11.2 Å². The number of aryl methyl sites for hydroxylation is 2. The largest absolute Gasteiger partial charge is 0.368 e. The molecule has 0 bridgehead atoms. The number of aromatic nitrogens is 1. The van der Waals surface area contributed by atoms with Crippen LogP contribution in [0.1, 0.15) is 24.4 Å². The van der Waals surface area contributed by atoms with Crippen molar-refractivity contribution in [2.75, 3.05) is 36.4 Å². The maximum absolute atomic E-state index is 12.6. The van der Waals surface area contributed by atoms with Gasteiger partial charge < -0.3 is 20.4 Å². The molecule has 1 aromatic carbocycles. The van der Waals surface area contributed by atoms with Gasteiger partial charge in [-0.15, -0.1) is 11.3 Å². The van der Waals surface area contributed by atoms with Gasteiger partial charge in [0.15, 0.2) is 5.13 Å². The molecule has 162 valence electrons. The van der Waals surface area contributed by atoms with E-state index >= 15 is 0 Å². The Balaban J connectivity index is 1.49. The number of carbonyl (C=O) groups is 2. The number of hydrogen-bond acceptors (Lipinski definition) is 5. The number of thiazole rings is 1. The SMILES string of the molecule is CCc1nc(NC(=O)[C@@H](C)NC(=O)N2CCN(c3ccc(Cl)c(Cl)c3)CC2)sc1C. The van der Waals surface area contributed by atoms with Gasteiger partial charge in [-0.05, 0) is 38.5 Å². The number of carbonyl (C=O) groups excluding carboxylic acids is 2. The third-order valence-corrected chi connectivity index (χ3v) is 6.69. The lowest BCUT2D eigenvalue weighted by molar-refractivity contribution is -0.117. The van der Waals surface area contributed by atoms with Crippen molar-refractivity contribution < 1.29 is 9.59 Å². The van der Waals surface area contributed by atoms with E-state index in [1.54, 1.807) is 17.9 Å². The number of nitrogens with one attached hydrogen (secondary N) is 2. The first-order valence-corrected chi connectivity index (χ1v) is 11.4. The molecule has 0 saturated carbocycles. The lowest BCUT2D eigenvalue weighted by Crippen LogP contribution is -2.54. The second-order valence-electron chi connectivity index (χ2n) is 7.11. The monoisotopic (exact) mass is 469 g/mol. The van der Waals surface area contributed by atoms with Crippen molar-refractivity contribution in [3.8, 4) is 0 Å². The van der Waals surface area contributed by atoms with Gasteiger partial charge in [-0.2, -0.15) is 0 Å². The molecule has 10 heteroatoms. The van der Waals surface area contributed by atoms with E-state index in [9.17, 15) is 9.59 Å². The van der Waals surface area contributed by atoms with Crippen LogP contribution in [0.25, 0.3) is 0 Å².